The molecule has 108 valence electrons. The number of carbonyl (C=O) groups excluding carboxylic acids is 1. The molecule has 0 atom stereocenters. The maximum absolute atomic E-state index is 11.9. The van der Waals surface area contributed by atoms with Crippen LogP contribution in [0.3, 0.4) is 0 Å². The van der Waals surface area contributed by atoms with E-state index in [-0.39, 0.29) is 5.91 Å². The van der Waals surface area contributed by atoms with E-state index < -0.39 is 0 Å². The second-order valence-corrected chi connectivity index (χ2v) is 4.81. The zero-order chi connectivity index (χ0) is 15.1. The van der Waals surface area contributed by atoms with Gasteiger partial charge in [-0.25, -0.2) is 0 Å². The van der Waals surface area contributed by atoms with Gasteiger partial charge in [-0.15, -0.1) is 0 Å². The van der Waals surface area contributed by atoms with Crippen LogP contribution < -0.4 is 5.32 Å². The Morgan fingerprint density at radius 3 is 2.95 bits per heavy atom. The number of benzene rings is 1. The molecule has 0 spiro atoms. The zero-order valence-electron chi connectivity index (χ0n) is 11.9. The largest absolute Gasteiger partial charge is 0.468 e. The molecule has 21 heavy (non-hydrogen) atoms. The Balaban J connectivity index is 1.78. The van der Waals surface area contributed by atoms with Crippen molar-refractivity contribution in [3.63, 3.8) is 0 Å². The summed E-state index contributed by atoms with van der Waals surface area (Å²) in [6.07, 6.45) is 2.02. The molecule has 1 N–H and O–H groups in total. The van der Waals surface area contributed by atoms with Crippen LogP contribution in [0.2, 0.25) is 0 Å². The van der Waals surface area contributed by atoms with Crippen LogP contribution in [-0.2, 0) is 11.3 Å². The predicted octanol–water partition coefficient (Wildman–Crippen LogP) is 2.61. The molecule has 5 nitrogen and oxygen atoms in total. The van der Waals surface area contributed by atoms with Crippen molar-refractivity contribution < 1.29 is 9.21 Å². The summed E-state index contributed by atoms with van der Waals surface area (Å²) in [5.74, 6) is 0.802. The van der Waals surface area contributed by atoms with Gasteiger partial charge in [-0.1, -0.05) is 6.07 Å². The fourth-order valence-electron chi connectivity index (χ4n) is 1.93. The molecule has 0 aliphatic carbocycles. The minimum absolute atomic E-state index is 0.0728. The van der Waals surface area contributed by atoms with E-state index in [1.807, 2.05) is 30.1 Å². The molecule has 2 aromatic rings. The number of amides is 1. The highest BCUT2D eigenvalue weighted by Gasteiger charge is 2.07. The van der Waals surface area contributed by atoms with Gasteiger partial charge in [0.25, 0.3) is 0 Å². The third-order valence-electron chi connectivity index (χ3n) is 3.00. The van der Waals surface area contributed by atoms with Crippen LogP contribution in [-0.4, -0.2) is 24.4 Å². The molecule has 1 heterocycles. The zero-order valence-corrected chi connectivity index (χ0v) is 11.9. The van der Waals surface area contributed by atoms with Crippen molar-refractivity contribution in [2.45, 2.75) is 13.0 Å². The molecule has 0 fully saturated rings. The average molecular weight is 283 g/mol. The number of carbonyl (C=O) groups is 1. The first-order chi connectivity index (χ1) is 10.2. The molecule has 1 aromatic carbocycles. The van der Waals surface area contributed by atoms with E-state index in [2.05, 4.69) is 5.32 Å². The van der Waals surface area contributed by atoms with Gasteiger partial charge in [-0.05, 0) is 37.4 Å². The molecule has 0 bridgehead atoms. The summed E-state index contributed by atoms with van der Waals surface area (Å²) in [6.45, 7) is 1.30. The second kappa shape index (κ2) is 7.27. The highest BCUT2D eigenvalue weighted by Crippen LogP contribution is 2.10. The monoisotopic (exact) mass is 283 g/mol. The number of nitriles is 1. The van der Waals surface area contributed by atoms with E-state index >= 15 is 0 Å². The van der Waals surface area contributed by atoms with Gasteiger partial charge in [0.2, 0.25) is 5.91 Å². The van der Waals surface area contributed by atoms with Crippen LogP contribution in [0.15, 0.2) is 47.1 Å². The maximum Gasteiger partial charge on any atom is 0.225 e. The molecule has 0 saturated heterocycles. The van der Waals surface area contributed by atoms with Gasteiger partial charge in [-0.3, -0.25) is 9.69 Å². The minimum Gasteiger partial charge on any atom is -0.468 e. The number of nitrogens with zero attached hydrogens (tertiary/aromatic N) is 2. The van der Waals surface area contributed by atoms with E-state index in [1.165, 1.54) is 0 Å². The molecule has 0 aliphatic heterocycles. The normalized spacial score (nSPS) is 10.3. The van der Waals surface area contributed by atoms with Crippen LogP contribution >= 0.6 is 0 Å². The average Bonchev–Trinajstić information content (AvgIpc) is 2.98. The van der Waals surface area contributed by atoms with Crippen LogP contribution in [0.5, 0.6) is 0 Å². The molecular weight excluding hydrogens is 266 g/mol. The fraction of sp³-hybridized carbons (Fsp3) is 0.250. The summed E-state index contributed by atoms with van der Waals surface area (Å²) >= 11 is 0. The first-order valence-electron chi connectivity index (χ1n) is 6.68. The summed E-state index contributed by atoms with van der Waals surface area (Å²) in [5, 5.41) is 11.6. The van der Waals surface area contributed by atoms with E-state index in [4.69, 9.17) is 9.68 Å². The van der Waals surface area contributed by atoms with Crippen LogP contribution in [0.25, 0.3) is 0 Å². The van der Waals surface area contributed by atoms with Crippen molar-refractivity contribution in [3.8, 4) is 6.07 Å². The van der Waals surface area contributed by atoms with Crippen molar-refractivity contribution in [2.24, 2.45) is 0 Å². The maximum atomic E-state index is 11.9. The van der Waals surface area contributed by atoms with Crippen molar-refractivity contribution in [3.05, 3.63) is 54.0 Å². The lowest BCUT2D eigenvalue weighted by Gasteiger charge is -2.14. The molecule has 0 radical (unpaired) electrons. The quantitative estimate of drug-likeness (QED) is 0.884. The number of nitrogens with one attached hydrogen (secondary N) is 1. The highest BCUT2D eigenvalue weighted by atomic mass is 16.3. The highest BCUT2D eigenvalue weighted by molar-refractivity contribution is 5.90. The number of anilines is 1. The molecule has 0 aliphatic rings. The Hall–Kier alpha value is -2.58. The molecule has 5 heteroatoms. The molecule has 2 rings (SSSR count). The standard InChI is InChI=1S/C16H17N3O2/c1-19(12-15-6-3-9-21-15)8-7-16(20)18-14-5-2-4-13(10-14)11-17/h2-6,9-10H,7-8,12H2,1H3,(H,18,20). The van der Waals surface area contributed by atoms with Crippen molar-refractivity contribution in [2.75, 3.05) is 18.9 Å². The fourth-order valence-corrected chi connectivity index (χ4v) is 1.93. The van der Waals surface area contributed by atoms with Gasteiger partial charge in [0, 0.05) is 18.7 Å². The summed E-state index contributed by atoms with van der Waals surface area (Å²) < 4.78 is 5.26. The molecule has 1 aromatic heterocycles. The second-order valence-electron chi connectivity index (χ2n) is 4.81. The smallest absolute Gasteiger partial charge is 0.225 e. The van der Waals surface area contributed by atoms with Gasteiger partial charge >= 0.3 is 0 Å². The first kappa shape index (κ1) is 14.8. The summed E-state index contributed by atoms with van der Waals surface area (Å²) in [5.41, 5.74) is 1.18. The summed E-state index contributed by atoms with van der Waals surface area (Å²) in [7, 11) is 1.94. The third kappa shape index (κ3) is 4.79. The van der Waals surface area contributed by atoms with Gasteiger partial charge in [0.05, 0.1) is 24.4 Å². The predicted molar refractivity (Wildman–Crippen MR) is 79.4 cm³/mol. The molecule has 0 saturated carbocycles. The van der Waals surface area contributed by atoms with Crippen LogP contribution in [0.4, 0.5) is 5.69 Å². The van der Waals surface area contributed by atoms with Gasteiger partial charge < -0.3 is 9.73 Å². The topological polar surface area (TPSA) is 69.3 Å². The molecule has 1 amide bonds. The van der Waals surface area contributed by atoms with Gasteiger partial charge in [0.1, 0.15) is 5.76 Å². The lowest BCUT2D eigenvalue weighted by Crippen LogP contribution is -2.23. The van der Waals surface area contributed by atoms with Gasteiger partial charge in [-0.2, -0.15) is 5.26 Å². The number of rotatable bonds is 6. The van der Waals surface area contributed by atoms with Crippen LogP contribution in [0, 0.1) is 11.3 Å². The first-order valence-corrected chi connectivity index (χ1v) is 6.68. The Kier molecular flexibility index (Phi) is 5.13. The molecular formula is C16H17N3O2. The lowest BCUT2D eigenvalue weighted by molar-refractivity contribution is -0.116. The molecule has 0 unspecified atom stereocenters. The SMILES string of the molecule is CN(CCC(=O)Nc1cccc(C#N)c1)Cc1ccco1. The Morgan fingerprint density at radius 1 is 1.38 bits per heavy atom. The Labute approximate surface area is 123 Å². The number of hydrogen-bond acceptors (Lipinski definition) is 4. The van der Waals surface area contributed by atoms with Crippen molar-refractivity contribution >= 4 is 11.6 Å². The van der Waals surface area contributed by atoms with E-state index in [9.17, 15) is 4.79 Å². The van der Waals surface area contributed by atoms with Gasteiger partial charge in [0.15, 0.2) is 0 Å². The third-order valence-corrected chi connectivity index (χ3v) is 3.00. The van der Waals surface area contributed by atoms with Crippen molar-refractivity contribution in [1.82, 2.24) is 4.90 Å². The summed E-state index contributed by atoms with van der Waals surface area (Å²) in [4.78, 5) is 13.9. The Morgan fingerprint density at radius 2 is 2.24 bits per heavy atom. The lowest BCUT2D eigenvalue weighted by atomic mass is 10.2. The van der Waals surface area contributed by atoms with Crippen LogP contribution in [0.1, 0.15) is 17.7 Å². The van der Waals surface area contributed by atoms with E-state index in [1.54, 1.807) is 30.5 Å². The number of hydrogen-bond donors (Lipinski definition) is 1. The number of furan rings is 1. The summed E-state index contributed by atoms with van der Waals surface area (Å²) in [6, 6.07) is 12.7. The van der Waals surface area contributed by atoms with E-state index in [0.29, 0.717) is 30.8 Å². The van der Waals surface area contributed by atoms with E-state index in [0.717, 1.165) is 5.76 Å². The Bertz CT molecular complexity index is 629. The van der Waals surface area contributed by atoms with Crippen molar-refractivity contribution in [1.29, 1.82) is 5.26 Å². The minimum atomic E-state index is -0.0728.